The largest absolute Gasteiger partial charge is 0.399 e. The molecule has 0 fully saturated rings. The molecule has 5 rings (SSSR count). The van der Waals surface area contributed by atoms with E-state index in [1.54, 1.807) is 0 Å². The van der Waals surface area contributed by atoms with Gasteiger partial charge in [0.15, 0.2) is 0 Å². The van der Waals surface area contributed by atoms with Crippen LogP contribution in [0.25, 0.3) is 21.9 Å². The molecule has 4 aromatic rings. The van der Waals surface area contributed by atoms with Crippen LogP contribution < -0.4 is 5.73 Å². The SMILES string of the molecule is C=CC(C)(C)CCC(C)(C)N1C(=O)c2ccc(-c3ccccc3)c3cc(C#Cc4ccc(N)cc4)cc(c23)C1=O. The number of amides is 2. The van der Waals surface area contributed by atoms with Crippen LogP contribution >= 0.6 is 0 Å². The molecule has 4 nitrogen and oxygen atoms in total. The van der Waals surface area contributed by atoms with Crippen molar-refractivity contribution in [3.05, 3.63) is 114 Å². The third-order valence-corrected chi connectivity index (χ3v) is 7.87. The number of anilines is 1. The second-order valence-electron chi connectivity index (χ2n) is 11.8. The number of allylic oxidation sites excluding steroid dienone is 1. The molecule has 0 aromatic heterocycles. The Bertz CT molecular complexity index is 1700. The zero-order chi connectivity index (χ0) is 28.7. The Balaban J connectivity index is 1.68. The molecule has 1 heterocycles. The van der Waals surface area contributed by atoms with Gasteiger partial charge in [-0.3, -0.25) is 14.5 Å². The minimum Gasteiger partial charge on any atom is -0.399 e. The van der Waals surface area contributed by atoms with Gasteiger partial charge in [0.2, 0.25) is 0 Å². The fourth-order valence-corrected chi connectivity index (χ4v) is 5.21. The minimum absolute atomic E-state index is 0.105. The minimum atomic E-state index is -0.692. The molecule has 0 aliphatic carbocycles. The van der Waals surface area contributed by atoms with E-state index in [0.29, 0.717) is 34.2 Å². The quantitative estimate of drug-likeness (QED) is 0.120. The van der Waals surface area contributed by atoms with E-state index in [1.807, 2.05) is 98.8 Å². The van der Waals surface area contributed by atoms with Gasteiger partial charge in [-0.2, -0.15) is 0 Å². The number of imide groups is 1. The van der Waals surface area contributed by atoms with E-state index in [2.05, 4.69) is 32.3 Å². The van der Waals surface area contributed by atoms with Crippen LogP contribution in [-0.4, -0.2) is 22.3 Å². The summed E-state index contributed by atoms with van der Waals surface area (Å²) in [5.74, 6) is 5.90. The Morgan fingerprint density at radius 3 is 2.08 bits per heavy atom. The molecule has 200 valence electrons. The summed E-state index contributed by atoms with van der Waals surface area (Å²) in [6, 6.07) is 25.0. The molecule has 1 aliphatic rings. The number of carbonyl (C=O) groups excluding carboxylic acids is 2. The molecule has 2 amide bonds. The molecule has 2 N–H and O–H groups in total. The fraction of sp³-hybridized carbons (Fsp3) is 0.222. The van der Waals surface area contributed by atoms with Crippen molar-refractivity contribution in [3.63, 3.8) is 0 Å². The van der Waals surface area contributed by atoms with Crippen LogP contribution in [-0.2, 0) is 0 Å². The molecule has 0 spiro atoms. The number of hydrogen-bond donors (Lipinski definition) is 1. The molecule has 0 radical (unpaired) electrons. The van der Waals surface area contributed by atoms with Gasteiger partial charge in [0.05, 0.1) is 0 Å². The Hall–Kier alpha value is -4.62. The third-order valence-electron chi connectivity index (χ3n) is 7.87. The summed E-state index contributed by atoms with van der Waals surface area (Å²) in [7, 11) is 0. The summed E-state index contributed by atoms with van der Waals surface area (Å²) in [6.07, 6.45) is 3.37. The van der Waals surface area contributed by atoms with Gasteiger partial charge >= 0.3 is 0 Å². The summed E-state index contributed by atoms with van der Waals surface area (Å²) < 4.78 is 0. The highest BCUT2D eigenvalue weighted by molar-refractivity contribution is 6.27. The number of nitrogens with two attached hydrogens (primary N) is 1. The predicted molar refractivity (Wildman–Crippen MR) is 164 cm³/mol. The maximum Gasteiger partial charge on any atom is 0.261 e. The summed E-state index contributed by atoms with van der Waals surface area (Å²) in [5, 5.41) is 1.53. The van der Waals surface area contributed by atoms with Crippen molar-refractivity contribution in [3.8, 4) is 23.0 Å². The van der Waals surface area contributed by atoms with Gasteiger partial charge < -0.3 is 5.73 Å². The first-order valence-electron chi connectivity index (χ1n) is 13.6. The summed E-state index contributed by atoms with van der Waals surface area (Å²) >= 11 is 0. The Morgan fingerprint density at radius 2 is 1.40 bits per heavy atom. The van der Waals surface area contributed by atoms with E-state index in [-0.39, 0.29) is 17.2 Å². The van der Waals surface area contributed by atoms with Gasteiger partial charge in [0.1, 0.15) is 0 Å². The fourth-order valence-electron chi connectivity index (χ4n) is 5.21. The van der Waals surface area contributed by atoms with Crippen molar-refractivity contribution < 1.29 is 9.59 Å². The lowest BCUT2D eigenvalue weighted by molar-refractivity contribution is 0.0403. The van der Waals surface area contributed by atoms with Crippen molar-refractivity contribution in [2.45, 2.75) is 46.1 Å². The number of nitrogen functional groups attached to an aromatic ring is 1. The molecule has 40 heavy (non-hydrogen) atoms. The molecule has 0 atom stereocenters. The van der Waals surface area contributed by atoms with Gasteiger partial charge in [-0.05, 0) is 91.1 Å². The van der Waals surface area contributed by atoms with Gasteiger partial charge in [0.25, 0.3) is 11.8 Å². The van der Waals surface area contributed by atoms with Crippen LogP contribution in [0.2, 0.25) is 0 Å². The molecule has 0 saturated heterocycles. The molecule has 4 heteroatoms. The monoisotopic (exact) mass is 526 g/mol. The van der Waals surface area contributed by atoms with Crippen LogP contribution in [0.4, 0.5) is 5.69 Å². The average Bonchev–Trinajstić information content (AvgIpc) is 2.94. The number of benzene rings is 4. The zero-order valence-corrected chi connectivity index (χ0v) is 23.5. The summed E-state index contributed by atoms with van der Waals surface area (Å²) in [5.41, 5.74) is 10.3. The Kier molecular flexibility index (Phi) is 6.85. The molecule has 0 saturated carbocycles. The number of hydrogen-bond acceptors (Lipinski definition) is 3. The normalized spacial score (nSPS) is 13.2. The summed E-state index contributed by atoms with van der Waals surface area (Å²) in [6.45, 7) is 12.1. The summed E-state index contributed by atoms with van der Waals surface area (Å²) in [4.78, 5) is 29.6. The molecular weight excluding hydrogens is 492 g/mol. The molecule has 0 bridgehead atoms. The zero-order valence-electron chi connectivity index (χ0n) is 23.5. The third kappa shape index (κ3) is 5.03. The first-order chi connectivity index (χ1) is 19.0. The second kappa shape index (κ2) is 10.2. The van der Waals surface area contributed by atoms with E-state index < -0.39 is 5.54 Å². The standard InChI is InChI=1S/C36H34N2O2/c1-6-35(2,3)20-21-36(4,5)38-33(39)29-19-18-28(26-10-8-7-9-11-26)30-22-25(23-31(32(29)30)34(38)40)13-12-24-14-16-27(37)17-15-24/h6-11,14-19,22-23H,1,20-21,37H2,2-5H3. The number of rotatable bonds is 6. The predicted octanol–water partition coefficient (Wildman–Crippen LogP) is 7.86. The van der Waals surface area contributed by atoms with Crippen LogP contribution in [0.15, 0.2) is 91.5 Å². The Labute approximate surface area is 236 Å². The van der Waals surface area contributed by atoms with Crippen LogP contribution in [0, 0.1) is 17.3 Å². The van der Waals surface area contributed by atoms with E-state index in [1.165, 1.54) is 4.90 Å². The van der Waals surface area contributed by atoms with Crippen molar-refractivity contribution in [1.82, 2.24) is 4.90 Å². The highest BCUT2D eigenvalue weighted by Gasteiger charge is 2.42. The Morgan fingerprint density at radius 1 is 0.775 bits per heavy atom. The smallest absolute Gasteiger partial charge is 0.261 e. The number of carbonyl (C=O) groups is 2. The second-order valence-corrected chi connectivity index (χ2v) is 11.8. The highest BCUT2D eigenvalue weighted by Crippen LogP contribution is 2.40. The van der Waals surface area contributed by atoms with Gasteiger partial charge in [0, 0.05) is 38.9 Å². The van der Waals surface area contributed by atoms with Crippen LogP contribution in [0.1, 0.15) is 72.4 Å². The van der Waals surface area contributed by atoms with Crippen LogP contribution in [0.3, 0.4) is 0 Å². The van der Waals surface area contributed by atoms with Crippen LogP contribution in [0.5, 0.6) is 0 Å². The van der Waals surface area contributed by atoms with E-state index in [0.717, 1.165) is 28.5 Å². The first kappa shape index (κ1) is 27.0. The van der Waals surface area contributed by atoms with Crippen molar-refractivity contribution in [1.29, 1.82) is 0 Å². The molecular formula is C36H34N2O2. The van der Waals surface area contributed by atoms with E-state index in [4.69, 9.17) is 5.73 Å². The number of nitrogens with zero attached hydrogens (tertiary/aromatic N) is 1. The van der Waals surface area contributed by atoms with Gasteiger partial charge in [-0.25, -0.2) is 0 Å². The highest BCUT2D eigenvalue weighted by atomic mass is 16.2. The topological polar surface area (TPSA) is 63.4 Å². The van der Waals surface area contributed by atoms with E-state index in [9.17, 15) is 9.59 Å². The maximum absolute atomic E-state index is 14.2. The van der Waals surface area contributed by atoms with Gasteiger partial charge in [-0.15, -0.1) is 6.58 Å². The maximum atomic E-state index is 14.2. The first-order valence-corrected chi connectivity index (χ1v) is 13.6. The lowest BCUT2D eigenvalue weighted by Crippen LogP contribution is -2.53. The molecule has 4 aromatic carbocycles. The van der Waals surface area contributed by atoms with Crippen molar-refractivity contribution in [2.24, 2.45) is 5.41 Å². The molecule has 1 aliphatic heterocycles. The lowest BCUT2D eigenvalue weighted by Gasteiger charge is -2.41. The van der Waals surface area contributed by atoms with Crippen molar-refractivity contribution >= 4 is 28.3 Å². The van der Waals surface area contributed by atoms with E-state index >= 15 is 0 Å². The molecule has 0 unspecified atom stereocenters. The average molecular weight is 527 g/mol. The van der Waals surface area contributed by atoms with Gasteiger partial charge in [-0.1, -0.05) is 68.2 Å². The van der Waals surface area contributed by atoms with Crippen molar-refractivity contribution in [2.75, 3.05) is 5.73 Å². The lowest BCUT2D eigenvalue weighted by atomic mass is 9.80.